The van der Waals surface area contributed by atoms with Gasteiger partial charge < -0.3 is 10.4 Å². The van der Waals surface area contributed by atoms with Crippen LogP contribution >= 0.6 is 0 Å². The molecule has 1 fully saturated rings. The Morgan fingerprint density at radius 1 is 1.57 bits per heavy atom. The number of rotatable bonds is 3. The van der Waals surface area contributed by atoms with Gasteiger partial charge >= 0.3 is 12.1 Å². The summed E-state index contributed by atoms with van der Waals surface area (Å²) >= 11 is 0. The first-order valence-corrected chi connectivity index (χ1v) is 4.44. The van der Waals surface area contributed by atoms with Gasteiger partial charge in [0, 0.05) is 6.04 Å². The largest absolute Gasteiger partial charge is 0.481 e. The molecule has 1 saturated heterocycles. The number of halogens is 3. The summed E-state index contributed by atoms with van der Waals surface area (Å²) in [6.45, 7) is 0.675. The molecule has 1 aliphatic rings. The summed E-state index contributed by atoms with van der Waals surface area (Å²) in [4.78, 5) is 10.4. The lowest BCUT2D eigenvalue weighted by Gasteiger charge is -2.19. The van der Waals surface area contributed by atoms with Gasteiger partial charge in [-0.05, 0) is 25.8 Å². The summed E-state index contributed by atoms with van der Waals surface area (Å²) in [5.74, 6) is -4.02. The van der Waals surface area contributed by atoms with Crippen LogP contribution < -0.4 is 5.32 Å². The van der Waals surface area contributed by atoms with E-state index in [9.17, 15) is 18.0 Å². The molecule has 82 valence electrons. The molecule has 0 aliphatic carbocycles. The van der Waals surface area contributed by atoms with Crippen LogP contribution in [0.25, 0.3) is 0 Å². The second kappa shape index (κ2) is 4.16. The number of hydrogen-bond donors (Lipinski definition) is 2. The van der Waals surface area contributed by atoms with Crippen molar-refractivity contribution in [3.8, 4) is 0 Å². The first-order valence-electron chi connectivity index (χ1n) is 4.44. The number of carboxylic acids is 1. The number of alkyl halides is 3. The van der Waals surface area contributed by atoms with Crippen molar-refractivity contribution in [1.29, 1.82) is 0 Å². The number of nitrogens with one attached hydrogen (secondary N) is 1. The third kappa shape index (κ3) is 2.87. The summed E-state index contributed by atoms with van der Waals surface area (Å²) in [5, 5.41) is 11.3. The van der Waals surface area contributed by atoms with Crippen molar-refractivity contribution in [2.45, 2.75) is 31.5 Å². The van der Waals surface area contributed by atoms with E-state index in [1.165, 1.54) is 0 Å². The average Bonchev–Trinajstić information content (AvgIpc) is 2.48. The maximum atomic E-state index is 12.2. The van der Waals surface area contributed by atoms with Gasteiger partial charge in [0.05, 0.1) is 0 Å². The minimum Gasteiger partial charge on any atom is -0.481 e. The Hall–Kier alpha value is -0.780. The van der Waals surface area contributed by atoms with E-state index < -0.39 is 18.1 Å². The second-order valence-corrected chi connectivity index (χ2v) is 3.46. The summed E-state index contributed by atoms with van der Waals surface area (Å²) in [6, 6.07) is -0.308. The van der Waals surface area contributed by atoms with Crippen LogP contribution in [0, 0.1) is 5.92 Å². The molecule has 0 aromatic heterocycles. The summed E-state index contributed by atoms with van der Waals surface area (Å²) < 4.78 is 36.6. The van der Waals surface area contributed by atoms with E-state index in [4.69, 9.17) is 5.11 Å². The highest BCUT2D eigenvalue weighted by Crippen LogP contribution is 2.31. The normalized spacial score (nSPS) is 24.9. The van der Waals surface area contributed by atoms with Crippen LogP contribution in [-0.4, -0.2) is 29.8 Å². The van der Waals surface area contributed by atoms with Gasteiger partial charge in [0.1, 0.15) is 0 Å². The number of carbonyl (C=O) groups is 1. The van der Waals surface area contributed by atoms with Crippen LogP contribution in [0.4, 0.5) is 13.2 Å². The Balaban J connectivity index is 2.55. The van der Waals surface area contributed by atoms with Crippen LogP contribution in [0.15, 0.2) is 0 Å². The fraction of sp³-hybridized carbons (Fsp3) is 0.875. The molecule has 2 N–H and O–H groups in total. The van der Waals surface area contributed by atoms with Gasteiger partial charge in [-0.25, -0.2) is 0 Å². The molecule has 1 aliphatic heterocycles. The van der Waals surface area contributed by atoms with Crippen molar-refractivity contribution in [1.82, 2.24) is 5.32 Å². The Bertz CT molecular complexity index is 211. The Morgan fingerprint density at radius 3 is 2.57 bits per heavy atom. The molecule has 0 saturated carbocycles. The van der Waals surface area contributed by atoms with Gasteiger partial charge in [-0.2, -0.15) is 13.2 Å². The zero-order valence-corrected chi connectivity index (χ0v) is 7.47. The van der Waals surface area contributed by atoms with Gasteiger partial charge in [0.25, 0.3) is 0 Å². The van der Waals surface area contributed by atoms with Crippen LogP contribution in [-0.2, 0) is 4.79 Å². The van der Waals surface area contributed by atoms with Gasteiger partial charge in [0.2, 0.25) is 0 Å². The van der Waals surface area contributed by atoms with Crippen molar-refractivity contribution < 1.29 is 23.1 Å². The van der Waals surface area contributed by atoms with Crippen molar-refractivity contribution in [3.63, 3.8) is 0 Å². The fourth-order valence-electron chi connectivity index (χ4n) is 1.62. The number of carboxylic acid groups (broad SMARTS) is 1. The molecule has 0 aromatic rings. The highest BCUT2D eigenvalue weighted by atomic mass is 19.4. The highest BCUT2D eigenvalue weighted by molar-refractivity contribution is 5.71. The molecule has 2 atom stereocenters. The third-order valence-electron chi connectivity index (χ3n) is 2.38. The van der Waals surface area contributed by atoms with E-state index in [0.717, 1.165) is 6.42 Å². The Morgan fingerprint density at radius 2 is 2.21 bits per heavy atom. The highest BCUT2D eigenvalue weighted by Gasteiger charge is 2.46. The lowest BCUT2D eigenvalue weighted by molar-refractivity contribution is -0.195. The average molecular weight is 211 g/mol. The fourth-order valence-corrected chi connectivity index (χ4v) is 1.62. The molecule has 1 heterocycles. The minimum absolute atomic E-state index is 0.308. The maximum absolute atomic E-state index is 12.2. The van der Waals surface area contributed by atoms with Gasteiger partial charge in [-0.1, -0.05) is 0 Å². The van der Waals surface area contributed by atoms with Crippen LogP contribution in [0.5, 0.6) is 0 Å². The lowest BCUT2D eigenvalue weighted by Crippen LogP contribution is -2.36. The predicted molar refractivity (Wildman–Crippen MR) is 42.8 cm³/mol. The monoisotopic (exact) mass is 211 g/mol. The SMILES string of the molecule is O=C(O)[C@H](C[C@@H]1CCCN1)C(F)(F)F. The molecule has 0 amide bonds. The van der Waals surface area contributed by atoms with E-state index >= 15 is 0 Å². The molecule has 6 heteroatoms. The van der Waals surface area contributed by atoms with E-state index in [2.05, 4.69) is 5.32 Å². The lowest BCUT2D eigenvalue weighted by atomic mass is 9.98. The summed E-state index contributed by atoms with van der Waals surface area (Å²) in [6.07, 6.45) is -3.57. The number of hydrogen-bond acceptors (Lipinski definition) is 2. The standard InChI is InChI=1S/C8H12F3NO2/c9-8(10,11)6(7(13)14)4-5-2-1-3-12-5/h5-6,12H,1-4H2,(H,13,14)/t5-,6-/m0/s1. The van der Waals surface area contributed by atoms with E-state index in [1.807, 2.05) is 0 Å². The van der Waals surface area contributed by atoms with Crippen LogP contribution in [0.1, 0.15) is 19.3 Å². The van der Waals surface area contributed by atoms with Gasteiger partial charge in [-0.3, -0.25) is 4.79 Å². The Kier molecular flexibility index (Phi) is 3.36. The second-order valence-electron chi connectivity index (χ2n) is 3.46. The molecule has 14 heavy (non-hydrogen) atoms. The van der Waals surface area contributed by atoms with Crippen LogP contribution in [0.2, 0.25) is 0 Å². The van der Waals surface area contributed by atoms with E-state index in [-0.39, 0.29) is 12.5 Å². The molecule has 1 rings (SSSR count). The van der Waals surface area contributed by atoms with E-state index in [0.29, 0.717) is 13.0 Å². The number of aliphatic carboxylic acids is 1. The maximum Gasteiger partial charge on any atom is 0.402 e. The smallest absolute Gasteiger partial charge is 0.402 e. The first kappa shape index (κ1) is 11.3. The van der Waals surface area contributed by atoms with Crippen LogP contribution in [0.3, 0.4) is 0 Å². The topological polar surface area (TPSA) is 49.3 Å². The molecular weight excluding hydrogens is 199 g/mol. The predicted octanol–water partition coefficient (Wildman–Crippen LogP) is 1.39. The first-order chi connectivity index (χ1) is 6.41. The van der Waals surface area contributed by atoms with Crippen molar-refractivity contribution >= 4 is 5.97 Å². The minimum atomic E-state index is -4.64. The molecule has 0 unspecified atom stereocenters. The Labute approximate surface area is 79.3 Å². The zero-order valence-electron chi connectivity index (χ0n) is 7.47. The van der Waals surface area contributed by atoms with Gasteiger partial charge in [-0.15, -0.1) is 0 Å². The quantitative estimate of drug-likeness (QED) is 0.741. The van der Waals surface area contributed by atoms with E-state index in [1.54, 1.807) is 0 Å². The molecule has 0 spiro atoms. The van der Waals surface area contributed by atoms with Crippen molar-refractivity contribution in [2.75, 3.05) is 6.54 Å². The van der Waals surface area contributed by atoms with Gasteiger partial charge in [0.15, 0.2) is 5.92 Å². The molecule has 0 radical (unpaired) electrons. The van der Waals surface area contributed by atoms with Crippen molar-refractivity contribution in [2.24, 2.45) is 5.92 Å². The molecule has 3 nitrogen and oxygen atoms in total. The zero-order chi connectivity index (χ0) is 10.8. The molecular formula is C8H12F3NO2. The third-order valence-corrected chi connectivity index (χ3v) is 2.38. The molecule has 0 bridgehead atoms. The summed E-state index contributed by atoms with van der Waals surface area (Å²) in [7, 11) is 0. The van der Waals surface area contributed by atoms with Crippen molar-refractivity contribution in [3.05, 3.63) is 0 Å². The summed E-state index contributed by atoms with van der Waals surface area (Å²) in [5.41, 5.74) is 0. The molecule has 0 aromatic carbocycles.